The molecule has 0 aromatic carbocycles. The van der Waals surface area contributed by atoms with Gasteiger partial charge in [0.2, 0.25) is 10.0 Å². The fraction of sp³-hybridized carbons (Fsp3) is 0.545. The molecule has 1 aromatic rings. The highest BCUT2D eigenvalue weighted by atomic mass is 32.2. The summed E-state index contributed by atoms with van der Waals surface area (Å²) in [5.41, 5.74) is 0. The molecule has 0 saturated heterocycles. The first kappa shape index (κ1) is 14.4. The lowest BCUT2D eigenvalue weighted by Gasteiger charge is -2.25. The minimum Gasteiger partial charge on any atom is -0.477 e. The number of sulfonamides is 1. The van der Waals surface area contributed by atoms with E-state index in [9.17, 15) is 18.3 Å². The molecule has 0 spiro atoms. The highest BCUT2D eigenvalue weighted by Crippen LogP contribution is 2.24. The molecule has 6 nitrogen and oxygen atoms in total. The number of aliphatic hydroxyl groups is 1. The molecule has 0 amide bonds. The van der Waals surface area contributed by atoms with Crippen molar-refractivity contribution in [3.63, 3.8) is 0 Å². The molecule has 1 aliphatic rings. The Labute approximate surface area is 115 Å². The SMILES string of the molecule is O=C(O)c1sccc1S(=O)(=O)NC1CCC(O)CC1. The van der Waals surface area contributed by atoms with Gasteiger partial charge in [-0.1, -0.05) is 0 Å². The van der Waals surface area contributed by atoms with E-state index in [1.807, 2.05) is 0 Å². The average Bonchev–Trinajstić information content (AvgIpc) is 2.82. The van der Waals surface area contributed by atoms with Gasteiger partial charge in [0, 0.05) is 6.04 Å². The Bertz CT molecular complexity index is 557. The normalized spacial score (nSPS) is 24.3. The van der Waals surface area contributed by atoms with Crippen molar-refractivity contribution in [3.05, 3.63) is 16.3 Å². The van der Waals surface area contributed by atoms with Gasteiger partial charge in [0.25, 0.3) is 0 Å². The highest BCUT2D eigenvalue weighted by molar-refractivity contribution is 7.89. The van der Waals surface area contributed by atoms with Crippen LogP contribution >= 0.6 is 11.3 Å². The van der Waals surface area contributed by atoms with Crippen LogP contribution in [0, 0.1) is 0 Å². The van der Waals surface area contributed by atoms with Gasteiger partial charge in [0.1, 0.15) is 9.77 Å². The number of hydrogen-bond acceptors (Lipinski definition) is 5. The summed E-state index contributed by atoms with van der Waals surface area (Å²) in [5, 5.41) is 19.8. The molecular weight excluding hydrogens is 290 g/mol. The molecule has 0 radical (unpaired) electrons. The van der Waals surface area contributed by atoms with Gasteiger partial charge >= 0.3 is 5.97 Å². The van der Waals surface area contributed by atoms with Crippen LogP contribution in [0.4, 0.5) is 0 Å². The minimum atomic E-state index is -3.81. The Kier molecular flexibility index (Phi) is 4.24. The van der Waals surface area contributed by atoms with Gasteiger partial charge in [-0.25, -0.2) is 17.9 Å². The van der Waals surface area contributed by atoms with Crippen molar-refractivity contribution in [2.75, 3.05) is 0 Å². The van der Waals surface area contributed by atoms with E-state index in [1.165, 1.54) is 11.4 Å². The van der Waals surface area contributed by atoms with Gasteiger partial charge < -0.3 is 10.2 Å². The first-order valence-electron chi connectivity index (χ1n) is 5.91. The predicted octanol–water partition coefficient (Wildman–Crippen LogP) is 1.03. The summed E-state index contributed by atoms with van der Waals surface area (Å²) < 4.78 is 26.8. The third-order valence-electron chi connectivity index (χ3n) is 3.13. The molecule has 2 rings (SSSR count). The molecule has 1 aliphatic carbocycles. The molecule has 1 heterocycles. The molecule has 0 bridgehead atoms. The van der Waals surface area contributed by atoms with Crippen molar-refractivity contribution in [2.45, 2.75) is 42.7 Å². The van der Waals surface area contributed by atoms with Crippen LogP contribution in [0.25, 0.3) is 0 Å². The quantitative estimate of drug-likeness (QED) is 0.770. The van der Waals surface area contributed by atoms with Crippen LogP contribution in [0.2, 0.25) is 0 Å². The van der Waals surface area contributed by atoms with Crippen molar-refractivity contribution < 1.29 is 23.4 Å². The van der Waals surface area contributed by atoms with Crippen LogP contribution in [-0.4, -0.2) is 36.7 Å². The van der Waals surface area contributed by atoms with Crippen molar-refractivity contribution in [1.82, 2.24) is 4.72 Å². The summed E-state index contributed by atoms with van der Waals surface area (Å²) in [5.74, 6) is -1.24. The smallest absolute Gasteiger partial charge is 0.347 e. The number of nitrogens with one attached hydrogen (secondary N) is 1. The highest BCUT2D eigenvalue weighted by Gasteiger charge is 2.28. The summed E-state index contributed by atoms with van der Waals surface area (Å²) >= 11 is 0.888. The number of carboxylic acid groups (broad SMARTS) is 1. The molecule has 0 atom stereocenters. The van der Waals surface area contributed by atoms with E-state index >= 15 is 0 Å². The van der Waals surface area contributed by atoms with Crippen LogP contribution in [-0.2, 0) is 10.0 Å². The van der Waals surface area contributed by atoms with Gasteiger partial charge in [-0.15, -0.1) is 11.3 Å². The number of aliphatic hydroxyl groups excluding tert-OH is 1. The number of hydrogen-bond donors (Lipinski definition) is 3. The lowest BCUT2D eigenvalue weighted by molar-refractivity contribution is 0.0698. The Morgan fingerprint density at radius 1 is 1.32 bits per heavy atom. The molecular formula is C11H15NO5S2. The fourth-order valence-electron chi connectivity index (χ4n) is 2.14. The van der Waals surface area contributed by atoms with Crippen LogP contribution in [0.3, 0.4) is 0 Å². The standard InChI is InChI=1S/C11H15NO5S2/c13-8-3-1-7(2-4-8)12-19(16,17)9-5-6-18-10(9)11(14)15/h5-8,12-13H,1-4H2,(H,14,15). The second-order valence-corrected chi connectivity index (χ2v) is 7.14. The zero-order chi connectivity index (χ0) is 14.0. The molecule has 1 fully saturated rings. The maximum absolute atomic E-state index is 12.1. The van der Waals surface area contributed by atoms with Crippen molar-refractivity contribution >= 4 is 27.3 Å². The van der Waals surface area contributed by atoms with Crippen molar-refractivity contribution in [2.24, 2.45) is 0 Å². The van der Waals surface area contributed by atoms with E-state index in [1.54, 1.807) is 0 Å². The second kappa shape index (κ2) is 5.58. The summed E-state index contributed by atoms with van der Waals surface area (Å²) in [4.78, 5) is 10.6. The average molecular weight is 305 g/mol. The first-order chi connectivity index (χ1) is 8.90. The number of carboxylic acids is 1. The van der Waals surface area contributed by atoms with E-state index in [0.29, 0.717) is 25.7 Å². The molecule has 3 N–H and O–H groups in total. The van der Waals surface area contributed by atoms with Crippen LogP contribution in [0.1, 0.15) is 35.4 Å². The number of thiophene rings is 1. The third kappa shape index (κ3) is 3.33. The first-order valence-corrected chi connectivity index (χ1v) is 8.27. The molecule has 8 heteroatoms. The van der Waals surface area contributed by atoms with E-state index < -0.39 is 16.0 Å². The van der Waals surface area contributed by atoms with Crippen LogP contribution < -0.4 is 4.72 Å². The van der Waals surface area contributed by atoms with Crippen molar-refractivity contribution in [1.29, 1.82) is 0 Å². The van der Waals surface area contributed by atoms with Crippen molar-refractivity contribution in [3.8, 4) is 0 Å². The largest absolute Gasteiger partial charge is 0.477 e. The van der Waals surface area contributed by atoms with Crippen LogP contribution in [0.5, 0.6) is 0 Å². The Hall–Kier alpha value is -0.960. The lowest BCUT2D eigenvalue weighted by Crippen LogP contribution is -2.38. The van der Waals surface area contributed by atoms with Gasteiger partial charge in [-0.05, 0) is 37.1 Å². The van der Waals surface area contributed by atoms with Gasteiger partial charge in [0.05, 0.1) is 6.10 Å². The van der Waals surface area contributed by atoms with Gasteiger partial charge in [-0.2, -0.15) is 0 Å². The molecule has 1 saturated carbocycles. The van der Waals surface area contributed by atoms with Gasteiger partial charge in [0.15, 0.2) is 0 Å². The third-order valence-corrected chi connectivity index (χ3v) is 5.73. The second-order valence-electron chi connectivity index (χ2n) is 4.55. The molecule has 0 unspecified atom stereocenters. The Balaban J connectivity index is 2.14. The molecule has 106 valence electrons. The van der Waals surface area contributed by atoms with Crippen LogP contribution in [0.15, 0.2) is 16.3 Å². The number of aromatic carboxylic acids is 1. The molecule has 1 aromatic heterocycles. The maximum atomic E-state index is 12.1. The van der Waals surface area contributed by atoms with E-state index in [-0.39, 0.29) is 21.9 Å². The summed E-state index contributed by atoms with van der Waals surface area (Å²) in [6.45, 7) is 0. The topological polar surface area (TPSA) is 104 Å². The maximum Gasteiger partial charge on any atom is 0.347 e. The summed E-state index contributed by atoms with van der Waals surface area (Å²) in [6, 6.07) is 1.06. The minimum absolute atomic E-state index is 0.177. The van der Waals surface area contributed by atoms with Gasteiger partial charge in [-0.3, -0.25) is 0 Å². The lowest BCUT2D eigenvalue weighted by atomic mass is 9.94. The van der Waals surface area contributed by atoms with E-state index in [2.05, 4.69) is 4.72 Å². The monoisotopic (exact) mass is 305 g/mol. The molecule has 19 heavy (non-hydrogen) atoms. The van der Waals surface area contributed by atoms with E-state index in [0.717, 1.165) is 11.3 Å². The zero-order valence-electron chi connectivity index (χ0n) is 10.1. The fourth-order valence-corrected chi connectivity index (χ4v) is 4.71. The number of carbonyl (C=O) groups is 1. The molecule has 0 aliphatic heterocycles. The zero-order valence-corrected chi connectivity index (χ0v) is 11.7. The Morgan fingerprint density at radius 2 is 1.95 bits per heavy atom. The van der Waals surface area contributed by atoms with E-state index in [4.69, 9.17) is 5.11 Å². The number of rotatable bonds is 4. The predicted molar refractivity (Wildman–Crippen MR) is 69.9 cm³/mol. The summed E-state index contributed by atoms with van der Waals surface area (Å²) in [7, 11) is -3.81. The summed E-state index contributed by atoms with van der Waals surface area (Å²) in [6.07, 6.45) is 1.88. The Morgan fingerprint density at radius 3 is 2.53 bits per heavy atom.